The first kappa shape index (κ1) is 74.0. The minimum absolute atomic E-state index is 0.152. The van der Waals surface area contributed by atoms with E-state index in [9.17, 15) is 19.5 Å². The van der Waals surface area contributed by atoms with E-state index >= 15 is 0 Å². The number of carboxylic acids is 1. The van der Waals surface area contributed by atoms with Gasteiger partial charge in [-0.25, -0.2) is 0 Å². The van der Waals surface area contributed by atoms with Crippen LogP contribution in [0.15, 0.2) is 12.2 Å². The first-order valence-electron chi connectivity index (χ1n) is 33.3. The smallest absolute Gasteiger partial charge is 0.306 e. The van der Waals surface area contributed by atoms with Gasteiger partial charge in [-0.1, -0.05) is 302 Å². The first-order valence-corrected chi connectivity index (χ1v) is 33.3. The number of aliphatic carboxylic acids is 1. The summed E-state index contributed by atoms with van der Waals surface area (Å²) >= 11 is 0. The minimum atomic E-state index is -1.62. The van der Waals surface area contributed by atoms with E-state index in [2.05, 4.69) is 26.0 Å². The molecule has 76 heavy (non-hydrogen) atoms. The van der Waals surface area contributed by atoms with Crippen LogP contribution in [-0.4, -0.2) is 82.3 Å². The number of carboxylic acid groups (broad SMARTS) is 1. The van der Waals surface area contributed by atoms with E-state index < -0.39 is 24.3 Å². The molecule has 2 atom stereocenters. The van der Waals surface area contributed by atoms with Gasteiger partial charge in [-0.05, 0) is 38.5 Å². The molecule has 450 valence electrons. The third-order valence-corrected chi connectivity index (χ3v) is 15.3. The van der Waals surface area contributed by atoms with Crippen molar-refractivity contribution in [3.8, 4) is 0 Å². The van der Waals surface area contributed by atoms with Crippen molar-refractivity contribution in [3.05, 3.63) is 12.2 Å². The summed E-state index contributed by atoms with van der Waals surface area (Å²) in [6.07, 6.45) is 67.1. The number of carbonyl (C=O) groups is 3. The number of allylic oxidation sites excluding steroid dienone is 2. The number of quaternary nitrogens is 1. The molecule has 0 aromatic heterocycles. The third kappa shape index (κ3) is 59.7. The monoisotopic (exact) mass is 1080 g/mol. The average Bonchev–Trinajstić information content (AvgIpc) is 3.39. The van der Waals surface area contributed by atoms with Crippen molar-refractivity contribution < 1.29 is 42.9 Å². The van der Waals surface area contributed by atoms with Crippen LogP contribution in [0.2, 0.25) is 0 Å². The van der Waals surface area contributed by atoms with Crippen molar-refractivity contribution in [1.29, 1.82) is 0 Å². The summed E-state index contributed by atoms with van der Waals surface area (Å²) in [5.41, 5.74) is 0. The van der Waals surface area contributed by atoms with E-state index in [1.54, 1.807) is 0 Å². The molecule has 0 aromatic rings. The fourth-order valence-electron chi connectivity index (χ4n) is 10.1. The standard InChI is InChI=1S/C67H129NO8/c1-6-8-10-12-14-16-18-20-22-24-26-28-30-32-34-35-37-39-41-43-45-47-49-51-53-55-57-64(69)74-61-63(62-75-67(66(71)72)73-60-59-68(3,4)5)76-65(70)58-56-54-52-50-48-46-44-42-40-38-36-33-31-29-27-25-23-21-19-17-15-13-11-9-7-2/h25,27,63,67H,6-24,26,28-62H2,1-5H3/b27-25-. The molecule has 0 aliphatic heterocycles. The van der Waals surface area contributed by atoms with E-state index in [4.69, 9.17) is 18.9 Å². The molecule has 0 bridgehead atoms. The van der Waals surface area contributed by atoms with Crippen LogP contribution in [0.4, 0.5) is 0 Å². The average molecular weight is 1080 g/mol. The predicted molar refractivity (Wildman–Crippen MR) is 320 cm³/mol. The van der Waals surface area contributed by atoms with Crippen molar-refractivity contribution in [1.82, 2.24) is 0 Å². The summed E-state index contributed by atoms with van der Waals surface area (Å²) in [5.74, 6) is -2.25. The Labute approximate surface area is 472 Å². The van der Waals surface area contributed by atoms with E-state index in [1.165, 1.54) is 276 Å². The number of likely N-dealkylation sites (N-methyl/N-ethyl adjacent to an activating group) is 1. The lowest BCUT2D eigenvalue weighted by Crippen LogP contribution is -2.44. The Morgan fingerprint density at radius 3 is 0.974 bits per heavy atom. The molecule has 0 fully saturated rings. The van der Waals surface area contributed by atoms with E-state index in [-0.39, 0.29) is 32.2 Å². The minimum Gasteiger partial charge on any atom is -0.545 e. The summed E-state index contributed by atoms with van der Waals surface area (Å²) in [4.78, 5) is 37.4. The van der Waals surface area contributed by atoms with Crippen LogP contribution in [-0.2, 0) is 33.3 Å². The summed E-state index contributed by atoms with van der Waals surface area (Å²) in [5, 5.41) is 11.8. The molecule has 0 rings (SSSR count). The van der Waals surface area contributed by atoms with Gasteiger partial charge in [-0.3, -0.25) is 9.59 Å². The zero-order valence-corrected chi connectivity index (χ0v) is 51.4. The second-order valence-electron chi connectivity index (χ2n) is 24.1. The van der Waals surface area contributed by atoms with Gasteiger partial charge in [-0.2, -0.15) is 0 Å². The number of esters is 2. The van der Waals surface area contributed by atoms with Gasteiger partial charge in [0.05, 0.1) is 40.3 Å². The van der Waals surface area contributed by atoms with Crippen molar-refractivity contribution in [2.45, 2.75) is 354 Å². The fourth-order valence-corrected chi connectivity index (χ4v) is 10.1. The van der Waals surface area contributed by atoms with Gasteiger partial charge in [0, 0.05) is 12.8 Å². The number of unbranched alkanes of at least 4 members (excludes halogenated alkanes) is 46. The van der Waals surface area contributed by atoms with Crippen molar-refractivity contribution >= 4 is 17.9 Å². The highest BCUT2D eigenvalue weighted by Gasteiger charge is 2.22. The maximum Gasteiger partial charge on any atom is 0.306 e. The summed E-state index contributed by atoms with van der Waals surface area (Å²) in [7, 11) is 5.94. The number of rotatable bonds is 63. The quantitative estimate of drug-likeness (QED) is 0.0195. The van der Waals surface area contributed by atoms with Crippen molar-refractivity contribution in [2.75, 3.05) is 47.5 Å². The molecule has 2 unspecified atom stereocenters. The largest absolute Gasteiger partial charge is 0.545 e. The summed E-state index contributed by atoms with van der Waals surface area (Å²) < 4.78 is 22.8. The Hall–Kier alpha value is -1.97. The summed E-state index contributed by atoms with van der Waals surface area (Å²) in [6.45, 7) is 4.82. The number of nitrogens with zero attached hydrogens (tertiary/aromatic N) is 1. The Bertz CT molecular complexity index is 1250. The van der Waals surface area contributed by atoms with E-state index in [1.807, 2.05) is 21.1 Å². The molecule has 0 heterocycles. The van der Waals surface area contributed by atoms with Crippen LogP contribution in [0.25, 0.3) is 0 Å². The van der Waals surface area contributed by atoms with Crippen LogP contribution in [0.5, 0.6) is 0 Å². The molecule has 0 saturated heterocycles. The molecule has 0 spiro atoms. The Kier molecular flexibility index (Phi) is 57.6. The second-order valence-corrected chi connectivity index (χ2v) is 24.1. The molecule has 0 aliphatic rings. The number of carbonyl (C=O) groups excluding carboxylic acids is 3. The Balaban J connectivity index is 4.10. The molecule has 0 radical (unpaired) electrons. The highest BCUT2D eigenvalue weighted by molar-refractivity contribution is 5.70. The van der Waals surface area contributed by atoms with Crippen LogP contribution < -0.4 is 5.11 Å². The normalized spacial score (nSPS) is 12.7. The lowest BCUT2D eigenvalue weighted by Gasteiger charge is -2.26. The topological polar surface area (TPSA) is 111 Å². The van der Waals surface area contributed by atoms with Crippen molar-refractivity contribution in [3.63, 3.8) is 0 Å². The molecule has 0 aromatic carbocycles. The highest BCUT2D eigenvalue weighted by atomic mass is 16.7. The van der Waals surface area contributed by atoms with Crippen LogP contribution in [0.1, 0.15) is 341 Å². The number of hydrogen-bond donors (Lipinski definition) is 0. The van der Waals surface area contributed by atoms with Gasteiger partial charge < -0.3 is 33.3 Å². The molecule has 0 N–H and O–H groups in total. The molecular formula is C67H129NO8. The first-order chi connectivity index (χ1) is 37.1. The Morgan fingerprint density at radius 2 is 0.671 bits per heavy atom. The zero-order valence-electron chi connectivity index (χ0n) is 51.4. The van der Waals surface area contributed by atoms with Gasteiger partial charge in [0.25, 0.3) is 0 Å². The van der Waals surface area contributed by atoms with Gasteiger partial charge >= 0.3 is 11.9 Å². The van der Waals surface area contributed by atoms with Gasteiger partial charge in [0.15, 0.2) is 12.4 Å². The van der Waals surface area contributed by atoms with E-state index in [0.717, 1.165) is 38.5 Å². The molecule has 9 heteroatoms. The third-order valence-electron chi connectivity index (χ3n) is 15.3. The highest BCUT2D eigenvalue weighted by Crippen LogP contribution is 2.19. The van der Waals surface area contributed by atoms with Gasteiger partial charge in [0.1, 0.15) is 13.2 Å². The van der Waals surface area contributed by atoms with E-state index in [0.29, 0.717) is 17.4 Å². The van der Waals surface area contributed by atoms with Crippen LogP contribution >= 0.6 is 0 Å². The fraction of sp³-hybridized carbons (Fsp3) is 0.925. The lowest BCUT2D eigenvalue weighted by molar-refractivity contribution is -0.870. The van der Waals surface area contributed by atoms with Gasteiger partial charge in [-0.15, -0.1) is 0 Å². The Morgan fingerprint density at radius 1 is 0.382 bits per heavy atom. The molecular weight excluding hydrogens is 947 g/mol. The number of ether oxygens (including phenoxy) is 4. The predicted octanol–water partition coefficient (Wildman–Crippen LogP) is 18.7. The SMILES string of the molecule is CCCCCCCCCC/C=C\CCCCCCCCCCCCCCCC(=O)OC(COC(=O)CCCCCCCCCCCCCCCCCCCCCCCCCCCC)COC(OCC[N+](C)(C)C)C(=O)[O-]. The molecule has 0 aliphatic carbocycles. The maximum absolute atomic E-state index is 12.9. The summed E-state index contributed by atoms with van der Waals surface area (Å²) in [6, 6.07) is 0. The zero-order chi connectivity index (χ0) is 55.5. The van der Waals surface area contributed by atoms with Crippen LogP contribution in [0.3, 0.4) is 0 Å². The van der Waals surface area contributed by atoms with Crippen molar-refractivity contribution in [2.24, 2.45) is 0 Å². The number of hydrogen-bond acceptors (Lipinski definition) is 8. The van der Waals surface area contributed by atoms with Crippen LogP contribution in [0, 0.1) is 0 Å². The second kappa shape index (κ2) is 59.2. The maximum atomic E-state index is 12.9. The molecule has 9 nitrogen and oxygen atoms in total. The molecule has 0 saturated carbocycles. The van der Waals surface area contributed by atoms with Gasteiger partial charge in [0.2, 0.25) is 0 Å². The molecule has 0 amide bonds. The lowest BCUT2D eigenvalue weighted by atomic mass is 10.0.